The monoisotopic (exact) mass is 277 g/mol. The van der Waals surface area contributed by atoms with E-state index in [1.165, 1.54) is 25.8 Å². The maximum absolute atomic E-state index is 13.2. The molecule has 1 unspecified atom stereocenters. The molecule has 20 heavy (non-hydrogen) atoms. The lowest BCUT2D eigenvalue weighted by molar-refractivity contribution is -0.118. The van der Waals surface area contributed by atoms with Gasteiger partial charge in [0.2, 0.25) is 5.91 Å². The number of halogens is 1. The number of carbonyl (C=O) groups excluding carboxylic acids is 1. The van der Waals surface area contributed by atoms with Crippen LogP contribution in [0.2, 0.25) is 0 Å². The Balaban J connectivity index is 1.86. The number of nitrogens with zero attached hydrogens (tertiary/aromatic N) is 1. The fourth-order valence-corrected chi connectivity index (χ4v) is 2.66. The third-order valence-electron chi connectivity index (χ3n) is 3.72. The van der Waals surface area contributed by atoms with Crippen molar-refractivity contribution >= 4 is 5.91 Å². The number of rotatable bonds is 5. The maximum Gasteiger partial charge on any atom is 0.217 e. The minimum atomic E-state index is -0.178. The van der Waals surface area contributed by atoms with E-state index in [1.807, 2.05) is 12.6 Å². The van der Waals surface area contributed by atoms with Gasteiger partial charge in [0.15, 0.2) is 0 Å². The van der Waals surface area contributed by atoms with Crippen LogP contribution in [0.4, 0.5) is 4.39 Å². The summed E-state index contributed by atoms with van der Waals surface area (Å²) in [4.78, 5) is 13.4. The fourth-order valence-electron chi connectivity index (χ4n) is 2.66. The van der Waals surface area contributed by atoms with Crippen molar-refractivity contribution < 1.29 is 9.18 Å². The zero-order valence-electron chi connectivity index (χ0n) is 11.9. The number of amides is 1. The van der Waals surface area contributed by atoms with Crippen molar-refractivity contribution in [3.63, 3.8) is 0 Å². The number of hydrogen-bond donors (Lipinski definition) is 1. The van der Waals surface area contributed by atoms with Gasteiger partial charge in [0.05, 0.1) is 6.54 Å². The highest BCUT2D eigenvalue weighted by molar-refractivity contribution is 5.73. The lowest BCUT2D eigenvalue weighted by atomic mass is 10.0. The largest absolute Gasteiger partial charge is 0.350 e. The second-order valence-electron chi connectivity index (χ2n) is 5.35. The van der Waals surface area contributed by atoms with E-state index in [-0.39, 0.29) is 11.7 Å². The van der Waals surface area contributed by atoms with Crippen LogP contribution in [0.25, 0.3) is 0 Å². The molecule has 1 fully saturated rings. The third kappa shape index (κ3) is 4.60. The first-order valence-electron chi connectivity index (χ1n) is 7.24. The molecule has 1 aliphatic rings. The summed E-state index contributed by atoms with van der Waals surface area (Å²) in [6.07, 6.45) is 4.29. The molecule has 1 amide bonds. The zero-order chi connectivity index (χ0) is 14.4. The zero-order valence-corrected chi connectivity index (χ0v) is 11.9. The Morgan fingerprint density at radius 1 is 1.50 bits per heavy atom. The molecule has 1 saturated heterocycles. The van der Waals surface area contributed by atoms with Gasteiger partial charge in [-0.25, -0.2) is 4.39 Å². The Labute approximate surface area is 120 Å². The van der Waals surface area contributed by atoms with Gasteiger partial charge >= 0.3 is 0 Å². The molecule has 3 nitrogen and oxygen atoms in total. The molecule has 0 spiro atoms. The van der Waals surface area contributed by atoms with Gasteiger partial charge in [-0.05, 0) is 43.5 Å². The predicted molar refractivity (Wildman–Crippen MR) is 77.4 cm³/mol. The molecule has 109 valence electrons. The molecule has 2 rings (SSSR count). The summed E-state index contributed by atoms with van der Waals surface area (Å²) >= 11 is 0. The first-order valence-corrected chi connectivity index (χ1v) is 7.24. The highest BCUT2D eigenvalue weighted by atomic mass is 19.1. The van der Waals surface area contributed by atoms with Gasteiger partial charge < -0.3 is 5.32 Å². The predicted octanol–water partition coefficient (Wildman–Crippen LogP) is 2.52. The molecular weight excluding hydrogens is 255 g/mol. The van der Waals surface area contributed by atoms with Crippen LogP contribution in [0, 0.1) is 12.4 Å². The van der Waals surface area contributed by atoms with Gasteiger partial charge in [0, 0.05) is 19.5 Å². The van der Waals surface area contributed by atoms with E-state index in [4.69, 9.17) is 0 Å². The van der Waals surface area contributed by atoms with Crippen LogP contribution < -0.4 is 5.32 Å². The third-order valence-corrected chi connectivity index (χ3v) is 3.72. The molecule has 0 saturated carbocycles. The smallest absolute Gasteiger partial charge is 0.217 e. The molecule has 0 aliphatic carbocycles. The SMILES string of the molecule is CC(=O)N[CH]C1CCCCN1CCc1cccc(F)c1. The van der Waals surface area contributed by atoms with Gasteiger partial charge in [0.1, 0.15) is 5.82 Å². The van der Waals surface area contributed by atoms with Crippen LogP contribution in [0.1, 0.15) is 31.7 Å². The molecule has 1 aromatic rings. The quantitative estimate of drug-likeness (QED) is 0.897. The molecule has 0 bridgehead atoms. The molecule has 1 N–H and O–H groups in total. The highest BCUT2D eigenvalue weighted by Gasteiger charge is 2.22. The Morgan fingerprint density at radius 2 is 2.35 bits per heavy atom. The van der Waals surface area contributed by atoms with E-state index in [0.717, 1.165) is 31.5 Å². The summed E-state index contributed by atoms with van der Waals surface area (Å²) in [5, 5.41) is 2.79. The van der Waals surface area contributed by atoms with Crippen LogP contribution in [-0.2, 0) is 11.2 Å². The maximum atomic E-state index is 13.2. The van der Waals surface area contributed by atoms with Gasteiger partial charge in [-0.2, -0.15) is 0 Å². The minimum absolute atomic E-state index is 0.0272. The van der Waals surface area contributed by atoms with Crippen molar-refractivity contribution in [1.82, 2.24) is 10.2 Å². The number of piperidine rings is 1. The van der Waals surface area contributed by atoms with Crippen molar-refractivity contribution in [2.24, 2.45) is 0 Å². The lowest BCUT2D eigenvalue weighted by Gasteiger charge is -2.35. The molecule has 1 radical (unpaired) electrons. The number of benzene rings is 1. The standard InChI is InChI=1S/C16H22FN2O/c1-13(20)18-12-16-7-2-3-9-19(16)10-8-14-5-4-6-15(17)11-14/h4-6,11-12,16H,2-3,7-10H2,1H3,(H,18,20). The number of carbonyl (C=O) groups is 1. The average molecular weight is 277 g/mol. The van der Waals surface area contributed by atoms with Crippen LogP contribution in [0.15, 0.2) is 24.3 Å². The Morgan fingerprint density at radius 3 is 3.10 bits per heavy atom. The first-order chi connectivity index (χ1) is 9.65. The second kappa shape index (κ2) is 7.39. The van der Waals surface area contributed by atoms with Gasteiger partial charge in [-0.1, -0.05) is 18.6 Å². The average Bonchev–Trinajstić information content (AvgIpc) is 2.44. The van der Waals surface area contributed by atoms with E-state index >= 15 is 0 Å². The fraction of sp³-hybridized carbons (Fsp3) is 0.500. The van der Waals surface area contributed by atoms with Crippen molar-refractivity contribution in [2.45, 2.75) is 38.6 Å². The van der Waals surface area contributed by atoms with Crippen LogP contribution >= 0.6 is 0 Å². The summed E-state index contributed by atoms with van der Waals surface area (Å²) in [6.45, 7) is 5.35. The van der Waals surface area contributed by atoms with Crippen LogP contribution in [-0.4, -0.2) is 29.9 Å². The lowest BCUT2D eigenvalue weighted by Crippen LogP contribution is -2.44. The molecule has 1 aromatic carbocycles. The summed E-state index contributed by atoms with van der Waals surface area (Å²) < 4.78 is 13.2. The summed E-state index contributed by atoms with van der Waals surface area (Å²) in [5.74, 6) is -0.205. The molecule has 1 atom stereocenters. The van der Waals surface area contributed by atoms with Crippen molar-refractivity contribution in [2.75, 3.05) is 13.1 Å². The number of likely N-dealkylation sites (tertiary alicyclic amines) is 1. The van der Waals surface area contributed by atoms with Gasteiger partial charge in [-0.3, -0.25) is 9.69 Å². The van der Waals surface area contributed by atoms with E-state index in [2.05, 4.69) is 10.2 Å². The van der Waals surface area contributed by atoms with Gasteiger partial charge in [-0.15, -0.1) is 0 Å². The van der Waals surface area contributed by atoms with E-state index < -0.39 is 0 Å². The van der Waals surface area contributed by atoms with Crippen molar-refractivity contribution in [3.8, 4) is 0 Å². The number of nitrogens with one attached hydrogen (secondary N) is 1. The number of hydrogen-bond acceptors (Lipinski definition) is 2. The molecule has 1 aliphatic heterocycles. The topological polar surface area (TPSA) is 32.3 Å². The van der Waals surface area contributed by atoms with Crippen LogP contribution in [0.3, 0.4) is 0 Å². The highest BCUT2D eigenvalue weighted by Crippen LogP contribution is 2.19. The van der Waals surface area contributed by atoms with E-state index in [0.29, 0.717) is 6.04 Å². The van der Waals surface area contributed by atoms with Crippen LogP contribution in [0.5, 0.6) is 0 Å². The molecule has 1 heterocycles. The Hall–Kier alpha value is -1.42. The summed E-state index contributed by atoms with van der Waals surface area (Å²) in [7, 11) is 0. The molecule has 0 aromatic heterocycles. The van der Waals surface area contributed by atoms with Gasteiger partial charge in [0.25, 0.3) is 0 Å². The molecular formula is C16H22FN2O. The van der Waals surface area contributed by atoms with E-state index in [1.54, 1.807) is 12.1 Å². The van der Waals surface area contributed by atoms with Crippen molar-refractivity contribution in [1.29, 1.82) is 0 Å². The van der Waals surface area contributed by atoms with Crippen molar-refractivity contribution in [3.05, 3.63) is 42.2 Å². The second-order valence-corrected chi connectivity index (χ2v) is 5.35. The normalized spacial score (nSPS) is 19.8. The first kappa shape index (κ1) is 15.0. The summed E-state index contributed by atoms with van der Waals surface area (Å²) in [5.41, 5.74) is 1.02. The Kier molecular flexibility index (Phi) is 5.53. The summed E-state index contributed by atoms with van der Waals surface area (Å²) in [6, 6.07) is 7.07. The van der Waals surface area contributed by atoms with E-state index in [9.17, 15) is 9.18 Å². The minimum Gasteiger partial charge on any atom is -0.350 e. The molecule has 4 heteroatoms. The Bertz CT molecular complexity index is 450.